The van der Waals surface area contributed by atoms with E-state index < -0.39 is 22.8 Å². The average Bonchev–Trinajstić information content (AvgIpc) is 2.62. The minimum absolute atomic E-state index is 0.00246. The summed E-state index contributed by atoms with van der Waals surface area (Å²) in [6.07, 6.45) is 0.802. The topological polar surface area (TPSA) is 125 Å². The third-order valence-electron chi connectivity index (χ3n) is 4.08. The highest BCUT2D eigenvalue weighted by molar-refractivity contribution is 5.93. The lowest BCUT2D eigenvalue weighted by molar-refractivity contribution is 0.0695. The molecule has 130 valence electrons. The molecule has 1 saturated heterocycles. The molecule has 3 rings (SSSR count). The Hall–Kier alpha value is -3.37. The van der Waals surface area contributed by atoms with Crippen LogP contribution in [0.15, 0.2) is 33.7 Å². The minimum atomic E-state index is -1.54. The number of aromatic nitrogens is 1. The van der Waals surface area contributed by atoms with Gasteiger partial charge in [-0.05, 0) is 12.1 Å². The average molecular weight is 349 g/mol. The predicted molar refractivity (Wildman–Crippen MR) is 85.9 cm³/mol. The molecule has 0 amide bonds. The first-order valence-electron chi connectivity index (χ1n) is 7.25. The Kier molecular flexibility index (Phi) is 4.13. The summed E-state index contributed by atoms with van der Waals surface area (Å²) >= 11 is 0. The van der Waals surface area contributed by atoms with E-state index in [0.29, 0.717) is 30.9 Å². The molecule has 0 saturated carbocycles. The lowest BCUT2D eigenvalue weighted by atomic mass is 10.1. The van der Waals surface area contributed by atoms with Gasteiger partial charge in [0.15, 0.2) is 0 Å². The monoisotopic (exact) mass is 349 g/mol. The second-order valence-electron chi connectivity index (χ2n) is 5.45. The van der Waals surface area contributed by atoms with Crippen molar-refractivity contribution in [3.63, 3.8) is 0 Å². The van der Waals surface area contributed by atoms with Gasteiger partial charge in [0.2, 0.25) is 5.43 Å². The second kappa shape index (κ2) is 6.26. The van der Waals surface area contributed by atoms with Gasteiger partial charge in [0.25, 0.3) is 0 Å². The van der Waals surface area contributed by atoms with Gasteiger partial charge in [0, 0.05) is 13.1 Å². The molecule has 1 aliphatic rings. The van der Waals surface area contributed by atoms with E-state index in [1.807, 2.05) is 0 Å². The zero-order valence-corrected chi connectivity index (χ0v) is 12.8. The first-order chi connectivity index (χ1) is 12.0. The number of hydrogen-bond acceptors (Lipinski definition) is 7. The number of halogens is 1. The molecule has 0 unspecified atom stereocenters. The van der Waals surface area contributed by atoms with E-state index in [2.05, 4.69) is 10.6 Å². The number of nitroso groups, excluding NO2 is 2. The van der Waals surface area contributed by atoms with Crippen LogP contribution in [0, 0.1) is 15.6 Å². The lowest BCUT2D eigenvalue weighted by Crippen LogP contribution is -2.44. The molecule has 1 aliphatic heterocycles. The van der Waals surface area contributed by atoms with Gasteiger partial charge in [0.05, 0.1) is 46.4 Å². The number of pyridine rings is 1. The first-order valence-corrected chi connectivity index (χ1v) is 7.25. The summed E-state index contributed by atoms with van der Waals surface area (Å²) in [6.45, 7) is 1.25. The fraction of sp³-hybridized carbons (Fsp3) is 0.286. The largest absolute Gasteiger partial charge is 0.477 e. The van der Waals surface area contributed by atoms with Crippen LogP contribution in [0.25, 0.3) is 10.9 Å². The van der Waals surface area contributed by atoms with E-state index in [4.69, 9.17) is 5.11 Å². The zero-order valence-electron chi connectivity index (χ0n) is 12.8. The number of anilines is 1. The van der Waals surface area contributed by atoms with Crippen molar-refractivity contribution in [3.05, 3.63) is 49.7 Å². The summed E-state index contributed by atoms with van der Waals surface area (Å²) in [5, 5.41) is 15.6. The molecule has 0 atom stereocenters. The number of fused-ring (bicyclic) bond motifs is 1. The van der Waals surface area contributed by atoms with Gasteiger partial charge < -0.3 is 10.0 Å². The molecule has 0 spiro atoms. The number of benzene rings is 1. The number of aromatic carboxylic acids is 1. The molecule has 0 radical (unpaired) electrons. The van der Waals surface area contributed by atoms with Crippen molar-refractivity contribution in [2.45, 2.75) is 0 Å². The number of carbonyl (C=O) groups is 1. The molecule has 2 heterocycles. The Bertz CT molecular complexity index is 935. The number of piperazine rings is 1. The molecule has 1 fully saturated rings. The summed E-state index contributed by atoms with van der Waals surface area (Å²) in [5.41, 5.74) is -1.46. The second-order valence-corrected chi connectivity index (χ2v) is 5.45. The fourth-order valence-electron chi connectivity index (χ4n) is 2.80. The highest BCUT2D eigenvalue weighted by Crippen LogP contribution is 2.26. The maximum absolute atomic E-state index is 14.5. The highest BCUT2D eigenvalue weighted by Gasteiger charge is 2.22. The molecule has 25 heavy (non-hydrogen) atoms. The molecular weight excluding hydrogens is 337 g/mol. The van der Waals surface area contributed by atoms with Crippen molar-refractivity contribution in [3.8, 4) is 0 Å². The Morgan fingerprint density at radius 3 is 2.36 bits per heavy atom. The summed E-state index contributed by atoms with van der Waals surface area (Å²) < 4.78 is 15.2. The molecule has 1 aromatic heterocycles. The van der Waals surface area contributed by atoms with Crippen LogP contribution in [0.5, 0.6) is 0 Å². The van der Waals surface area contributed by atoms with E-state index >= 15 is 0 Å². The van der Waals surface area contributed by atoms with E-state index in [0.717, 1.165) is 12.3 Å². The highest BCUT2D eigenvalue weighted by atomic mass is 19.1. The summed E-state index contributed by atoms with van der Waals surface area (Å²) in [4.78, 5) is 46.4. The predicted octanol–water partition coefficient (Wildman–Crippen LogP) is 1.17. The van der Waals surface area contributed by atoms with E-state index in [9.17, 15) is 23.8 Å². The molecule has 1 aromatic carbocycles. The van der Waals surface area contributed by atoms with Crippen LogP contribution >= 0.6 is 0 Å². The maximum Gasteiger partial charge on any atom is 0.341 e. The van der Waals surface area contributed by atoms with Crippen LogP contribution in [0.3, 0.4) is 0 Å². The Labute approximate surface area is 138 Å². The van der Waals surface area contributed by atoms with Gasteiger partial charge in [-0.15, -0.1) is 9.81 Å². The van der Waals surface area contributed by atoms with Crippen LogP contribution in [0.4, 0.5) is 10.1 Å². The maximum atomic E-state index is 14.5. The van der Waals surface area contributed by atoms with Crippen LogP contribution in [0.2, 0.25) is 0 Å². The van der Waals surface area contributed by atoms with Crippen LogP contribution < -0.4 is 10.3 Å². The SMILES string of the molecule is O=NN1CCN(c2cc3c(cc2F)c(=O)c(C(=O)O)cn3N=O)CC1. The summed E-state index contributed by atoms with van der Waals surface area (Å²) in [7, 11) is 0. The van der Waals surface area contributed by atoms with Crippen molar-refractivity contribution in [1.29, 1.82) is 0 Å². The van der Waals surface area contributed by atoms with Gasteiger partial charge in [-0.1, -0.05) is 0 Å². The van der Waals surface area contributed by atoms with Crippen LogP contribution in [-0.2, 0) is 0 Å². The molecule has 0 aliphatic carbocycles. The van der Waals surface area contributed by atoms with E-state index in [-0.39, 0.29) is 16.6 Å². The normalized spacial score (nSPS) is 14.6. The fourth-order valence-corrected chi connectivity index (χ4v) is 2.80. The molecule has 1 N–H and O–H groups in total. The van der Waals surface area contributed by atoms with Gasteiger partial charge in [0.1, 0.15) is 11.4 Å². The first kappa shape index (κ1) is 16.5. The molecule has 0 bridgehead atoms. The third kappa shape index (κ3) is 2.79. The number of rotatable bonds is 4. The molecular formula is C14H12FN5O5. The third-order valence-corrected chi connectivity index (χ3v) is 4.08. The van der Waals surface area contributed by atoms with E-state index in [1.165, 1.54) is 11.1 Å². The minimum Gasteiger partial charge on any atom is -0.477 e. The van der Waals surface area contributed by atoms with Crippen molar-refractivity contribution < 1.29 is 14.3 Å². The van der Waals surface area contributed by atoms with Crippen molar-refractivity contribution in [2.75, 3.05) is 31.1 Å². The van der Waals surface area contributed by atoms with Crippen molar-refractivity contribution in [1.82, 2.24) is 9.69 Å². The molecule has 10 nitrogen and oxygen atoms in total. The number of hydrogen-bond donors (Lipinski definition) is 1. The van der Waals surface area contributed by atoms with Crippen LogP contribution in [-0.4, -0.2) is 46.9 Å². The smallest absolute Gasteiger partial charge is 0.341 e. The van der Waals surface area contributed by atoms with Crippen molar-refractivity contribution in [2.24, 2.45) is 10.6 Å². The van der Waals surface area contributed by atoms with Gasteiger partial charge in [-0.2, -0.15) is 0 Å². The Balaban J connectivity index is 2.14. The zero-order chi connectivity index (χ0) is 18.1. The summed E-state index contributed by atoms with van der Waals surface area (Å²) in [6, 6.07) is 2.16. The van der Waals surface area contributed by atoms with E-state index in [1.54, 1.807) is 4.90 Å². The Morgan fingerprint density at radius 1 is 1.12 bits per heavy atom. The lowest BCUT2D eigenvalue weighted by Gasteiger charge is -2.33. The van der Waals surface area contributed by atoms with Crippen molar-refractivity contribution >= 4 is 22.6 Å². The number of carboxylic acids is 1. The van der Waals surface area contributed by atoms with Gasteiger partial charge in [-0.3, -0.25) is 9.80 Å². The van der Waals surface area contributed by atoms with Crippen LogP contribution in [0.1, 0.15) is 10.4 Å². The van der Waals surface area contributed by atoms with Gasteiger partial charge >= 0.3 is 5.97 Å². The Morgan fingerprint density at radius 2 is 1.80 bits per heavy atom. The quantitative estimate of drug-likeness (QED) is 0.821. The van der Waals surface area contributed by atoms with Gasteiger partial charge in [-0.25, -0.2) is 13.9 Å². The number of carboxylic acid groups (broad SMARTS) is 1. The summed E-state index contributed by atoms with van der Waals surface area (Å²) in [5.74, 6) is -2.27. The molecule has 2 aromatic rings. The number of nitrogens with zero attached hydrogens (tertiary/aromatic N) is 5. The standard InChI is InChI=1S/C14H12FN5O5/c15-10-5-8-11(20(17-25)7-9(13(8)21)14(22)23)6-12(10)18-1-3-19(16-24)4-2-18/h5-7H,1-4H2,(H,22,23). The molecule has 11 heteroatoms.